The van der Waals surface area contributed by atoms with Crippen LogP contribution in [-0.2, 0) is 24.0 Å². The molecule has 2 fully saturated rings. The van der Waals surface area contributed by atoms with E-state index in [0.29, 0.717) is 22.0 Å². The zero-order chi connectivity index (χ0) is 26.4. The van der Waals surface area contributed by atoms with Gasteiger partial charge in [0.25, 0.3) is 5.91 Å². The van der Waals surface area contributed by atoms with E-state index in [1.165, 1.54) is 6.08 Å². The van der Waals surface area contributed by atoms with Gasteiger partial charge in [-0.1, -0.05) is 29.3 Å². The zero-order valence-corrected chi connectivity index (χ0v) is 20.4. The van der Waals surface area contributed by atoms with Crippen LogP contribution in [-0.4, -0.2) is 81.3 Å². The van der Waals surface area contributed by atoms with Gasteiger partial charge in [0, 0.05) is 19.0 Å². The Labute approximate surface area is 215 Å². The van der Waals surface area contributed by atoms with E-state index in [-0.39, 0.29) is 32.2 Å². The fraction of sp³-hybridized carbons (Fsp3) is 0.364. The first-order valence-corrected chi connectivity index (χ1v) is 11.7. The Morgan fingerprint density at radius 1 is 1.17 bits per heavy atom. The Hall–Kier alpha value is -3.64. The average molecular weight is 540 g/mol. The maximum atomic E-state index is 13.3. The molecule has 2 aliphatic heterocycles. The molecule has 3 N–H and O–H groups in total. The van der Waals surface area contributed by atoms with Crippen LogP contribution in [0, 0.1) is 0 Å². The molecule has 0 unspecified atom stereocenters. The fourth-order valence-electron chi connectivity index (χ4n) is 3.77. The highest BCUT2D eigenvalue weighted by atomic mass is 35.5. The number of aliphatic carboxylic acids is 1. The molecule has 0 radical (unpaired) electrons. The molecule has 5 amide bonds. The Morgan fingerprint density at radius 2 is 1.92 bits per heavy atom. The number of rotatable bonds is 8. The number of hydrogen-bond donors (Lipinski definition) is 3. The molecule has 0 saturated carbocycles. The predicted octanol–water partition coefficient (Wildman–Crippen LogP) is 1.23. The molecule has 0 spiro atoms. The van der Waals surface area contributed by atoms with Crippen molar-refractivity contribution >= 4 is 65.3 Å². The third kappa shape index (κ3) is 6.52. The van der Waals surface area contributed by atoms with Gasteiger partial charge in [-0.05, 0) is 36.6 Å². The van der Waals surface area contributed by atoms with Crippen LogP contribution < -0.4 is 10.7 Å². The number of carboxylic acids is 1. The van der Waals surface area contributed by atoms with Crippen molar-refractivity contribution in [1.82, 2.24) is 25.8 Å². The van der Waals surface area contributed by atoms with Gasteiger partial charge in [-0.3, -0.25) is 24.6 Å². The molecule has 1 aromatic carbocycles. The quantitative estimate of drug-likeness (QED) is 0.331. The second-order valence-electron chi connectivity index (χ2n) is 8.04. The number of fused-ring (bicyclic) bond motifs is 1. The van der Waals surface area contributed by atoms with Crippen LogP contribution in [0.15, 0.2) is 24.3 Å². The summed E-state index contributed by atoms with van der Waals surface area (Å²) >= 11 is 11.8. The highest BCUT2D eigenvalue weighted by Gasteiger charge is 2.44. The van der Waals surface area contributed by atoms with Gasteiger partial charge in [-0.25, -0.2) is 19.8 Å². The summed E-state index contributed by atoms with van der Waals surface area (Å²) in [6.07, 6.45) is 2.73. The monoisotopic (exact) mass is 539 g/mol. The summed E-state index contributed by atoms with van der Waals surface area (Å²) in [5.74, 6) is -3.18. The van der Waals surface area contributed by atoms with Crippen molar-refractivity contribution in [2.75, 3.05) is 13.1 Å². The first kappa shape index (κ1) is 27.0. The van der Waals surface area contributed by atoms with Crippen molar-refractivity contribution in [2.24, 2.45) is 0 Å². The van der Waals surface area contributed by atoms with Crippen molar-refractivity contribution in [3.8, 4) is 0 Å². The molecule has 0 aromatic heterocycles. The number of hydrogen-bond acceptors (Lipinski definition) is 6. The molecule has 3 rings (SSSR count). The number of amides is 5. The molecule has 0 aliphatic carbocycles. The second-order valence-corrected chi connectivity index (χ2v) is 8.85. The lowest BCUT2D eigenvalue weighted by atomic mass is 10.1. The van der Waals surface area contributed by atoms with Crippen LogP contribution in [0.3, 0.4) is 0 Å². The first-order valence-electron chi connectivity index (χ1n) is 10.9. The number of carbonyl (C=O) groups excluding carboxylic acids is 5. The number of urea groups is 1. The molecule has 2 aliphatic rings. The largest absolute Gasteiger partial charge is 0.481 e. The number of carboxylic acid groups (broad SMARTS) is 1. The zero-order valence-electron chi connectivity index (χ0n) is 18.9. The molecule has 1 aromatic rings. The molecular formula is C22H23Cl2N5O7. The van der Waals surface area contributed by atoms with Gasteiger partial charge in [-0.2, -0.15) is 0 Å². The summed E-state index contributed by atoms with van der Waals surface area (Å²) in [7, 11) is 0. The lowest BCUT2D eigenvalue weighted by Gasteiger charge is -2.42. The summed E-state index contributed by atoms with van der Waals surface area (Å²) < 4.78 is 0. The van der Waals surface area contributed by atoms with Crippen molar-refractivity contribution in [2.45, 2.75) is 37.8 Å². The molecule has 2 atom stereocenters. The Kier molecular flexibility index (Phi) is 8.88. The van der Waals surface area contributed by atoms with Gasteiger partial charge in [0.15, 0.2) is 0 Å². The van der Waals surface area contributed by atoms with Gasteiger partial charge in [0.1, 0.15) is 12.3 Å². The average Bonchev–Trinajstić information content (AvgIpc) is 2.96. The normalized spacial score (nSPS) is 18.9. The van der Waals surface area contributed by atoms with E-state index in [1.54, 1.807) is 18.2 Å². The van der Waals surface area contributed by atoms with Crippen molar-refractivity contribution < 1.29 is 33.9 Å². The first-order chi connectivity index (χ1) is 17.1. The molecule has 12 nitrogen and oxygen atoms in total. The fourth-order valence-corrected chi connectivity index (χ4v) is 4.08. The molecule has 36 heavy (non-hydrogen) atoms. The minimum absolute atomic E-state index is 0.108. The minimum Gasteiger partial charge on any atom is -0.481 e. The smallest absolute Gasteiger partial charge is 0.358 e. The Balaban J connectivity index is 1.75. The molecule has 14 heteroatoms. The Morgan fingerprint density at radius 3 is 2.58 bits per heavy atom. The van der Waals surface area contributed by atoms with Gasteiger partial charge >= 0.3 is 12.0 Å². The van der Waals surface area contributed by atoms with E-state index in [9.17, 15) is 28.8 Å². The standard InChI is InChI=1S/C22H23Cl2N5O7/c23-15-5-3-13(10-16(15)24)4-6-18(31)26-27-9-7-19(32)28-8-1-2-17(29(28)22(27)36)21(35)25-14(12-30)11-20(33)34/h3-6,10,12,14,17H,1-2,7-9,11H2,(H,25,35)(H,26,31)(H,33,34)/b6-4+/t14-,17-/m0/s1. The number of aldehydes is 1. The third-order valence-corrected chi connectivity index (χ3v) is 6.21. The van der Waals surface area contributed by atoms with Crippen molar-refractivity contribution in [3.05, 3.63) is 39.9 Å². The molecule has 0 bridgehead atoms. The third-order valence-electron chi connectivity index (χ3n) is 5.47. The van der Waals surface area contributed by atoms with Crippen molar-refractivity contribution in [3.63, 3.8) is 0 Å². The van der Waals surface area contributed by atoms with Gasteiger partial charge in [0.2, 0.25) is 11.8 Å². The lowest BCUT2D eigenvalue weighted by molar-refractivity contribution is -0.155. The summed E-state index contributed by atoms with van der Waals surface area (Å²) in [6.45, 7) is 0.0426. The van der Waals surface area contributed by atoms with Gasteiger partial charge < -0.3 is 15.2 Å². The van der Waals surface area contributed by atoms with Gasteiger partial charge in [0.05, 0.1) is 29.1 Å². The molecule has 2 heterocycles. The van der Waals surface area contributed by atoms with E-state index in [2.05, 4.69) is 10.7 Å². The number of hydrazine groups is 2. The van der Waals surface area contributed by atoms with Crippen LogP contribution in [0.25, 0.3) is 6.08 Å². The van der Waals surface area contributed by atoms with E-state index < -0.39 is 48.2 Å². The second kappa shape index (κ2) is 11.9. The molecular weight excluding hydrogens is 517 g/mol. The summed E-state index contributed by atoms with van der Waals surface area (Å²) in [6, 6.07) is 1.45. The van der Waals surface area contributed by atoms with E-state index >= 15 is 0 Å². The predicted molar refractivity (Wildman–Crippen MR) is 127 cm³/mol. The molecule has 2 saturated heterocycles. The van der Waals surface area contributed by atoms with E-state index in [4.69, 9.17) is 28.3 Å². The number of halogens is 2. The number of nitrogens with zero attached hydrogens (tertiary/aromatic N) is 3. The maximum Gasteiger partial charge on any atom is 0.358 e. The number of nitrogens with one attached hydrogen (secondary N) is 2. The topological polar surface area (TPSA) is 156 Å². The summed E-state index contributed by atoms with van der Waals surface area (Å²) in [4.78, 5) is 73.5. The lowest BCUT2D eigenvalue weighted by Crippen LogP contribution is -2.64. The van der Waals surface area contributed by atoms with Crippen LogP contribution in [0.2, 0.25) is 10.0 Å². The molecule has 192 valence electrons. The number of benzene rings is 1. The number of carbonyl (C=O) groups is 6. The van der Waals surface area contributed by atoms with Crippen LogP contribution in [0.5, 0.6) is 0 Å². The highest BCUT2D eigenvalue weighted by Crippen LogP contribution is 2.24. The highest BCUT2D eigenvalue weighted by molar-refractivity contribution is 6.42. The van der Waals surface area contributed by atoms with E-state index in [0.717, 1.165) is 21.1 Å². The summed E-state index contributed by atoms with van der Waals surface area (Å²) in [5.41, 5.74) is 2.99. The van der Waals surface area contributed by atoms with Crippen molar-refractivity contribution in [1.29, 1.82) is 0 Å². The van der Waals surface area contributed by atoms with E-state index in [1.807, 2.05) is 0 Å². The Bertz CT molecular complexity index is 1110. The van der Waals surface area contributed by atoms with Crippen LogP contribution in [0.4, 0.5) is 4.79 Å². The summed E-state index contributed by atoms with van der Waals surface area (Å²) in [5, 5.41) is 14.9. The van der Waals surface area contributed by atoms with Crippen LogP contribution >= 0.6 is 23.2 Å². The maximum absolute atomic E-state index is 13.3. The minimum atomic E-state index is -1.30. The SMILES string of the molecule is O=C[C@H](CC(=O)O)NC(=O)[C@@H]1CCCN2C(=O)CCN(NC(=O)/C=C/c3ccc(Cl)c(Cl)c3)C(=O)N12. The van der Waals surface area contributed by atoms with Crippen LogP contribution in [0.1, 0.15) is 31.2 Å². The van der Waals surface area contributed by atoms with Gasteiger partial charge in [-0.15, -0.1) is 0 Å².